The van der Waals surface area contributed by atoms with Gasteiger partial charge in [0.2, 0.25) is 16.9 Å². The van der Waals surface area contributed by atoms with Crippen LogP contribution in [0.1, 0.15) is 29.4 Å². The highest BCUT2D eigenvalue weighted by Crippen LogP contribution is 2.43. The first-order valence-corrected chi connectivity index (χ1v) is 8.61. The first-order valence-electron chi connectivity index (χ1n) is 8.61. The molecule has 2 aromatic rings. The van der Waals surface area contributed by atoms with Crippen LogP contribution in [0.2, 0.25) is 0 Å². The van der Waals surface area contributed by atoms with Crippen molar-refractivity contribution in [3.63, 3.8) is 0 Å². The Morgan fingerprint density at radius 3 is 2.14 bits per heavy atom. The molecule has 1 aromatic carbocycles. The van der Waals surface area contributed by atoms with E-state index in [1.807, 2.05) is 0 Å². The van der Waals surface area contributed by atoms with Gasteiger partial charge in [-0.3, -0.25) is 9.59 Å². The summed E-state index contributed by atoms with van der Waals surface area (Å²) in [5.41, 5.74) is -0.168. The van der Waals surface area contributed by atoms with Crippen LogP contribution in [0.3, 0.4) is 0 Å². The molecule has 0 spiro atoms. The normalized spacial score (nSPS) is 11.6. The Bertz CT molecular complexity index is 892. The second-order valence-corrected chi connectivity index (χ2v) is 6.01. The molecule has 0 unspecified atom stereocenters. The van der Waals surface area contributed by atoms with Gasteiger partial charge in [0.05, 0.1) is 40.8 Å². The molecule has 9 nitrogen and oxygen atoms in total. The summed E-state index contributed by atoms with van der Waals surface area (Å²) in [5.74, 6) is -0.888. The zero-order valence-corrected chi connectivity index (χ0v) is 16.9. The van der Waals surface area contributed by atoms with Gasteiger partial charge in [-0.05, 0) is 17.7 Å². The topological polar surface area (TPSA) is 114 Å². The maximum atomic E-state index is 12.2. The van der Waals surface area contributed by atoms with Crippen LogP contribution in [-0.4, -0.2) is 46.6 Å². The van der Waals surface area contributed by atoms with Gasteiger partial charge in [0.1, 0.15) is 12.4 Å². The molecular formula is C20H24O9. The molecule has 2 rings (SSSR count). The van der Waals surface area contributed by atoms with E-state index in [4.69, 9.17) is 28.1 Å². The number of rotatable bonds is 9. The first kappa shape index (κ1) is 22.1. The molecule has 0 radical (unpaired) electrons. The molecule has 0 fully saturated rings. The molecule has 1 atom stereocenters. The Morgan fingerprint density at radius 1 is 1.03 bits per heavy atom. The number of methoxy groups -OCH3 is 5. The summed E-state index contributed by atoms with van der Waals surface area (Å²) in [7, 11) is 7.05. The van der Waals surface area contributed by atoms with E-state index in [1.165, 1.54) is 35.5 Å². The van der Waals surface area contributed by atoms with Crippen LogP contribution in [0.25, 0.3) is 0 Å². The average molecular weight is 408 g/mol. The van der Waals surface area contributed by atoms with Crippen molar-refractivity contribution < 1.29 is 38.0 Å². The molecule has 158 valence electrons. The van der Waals surface area contributed by atoms with Crippen molar-refractivity contribution in [3.05, 3.63) is 45.5 Å². The van der Waals surface area contributed by atoms with Crippen LogP contribution in [0.15, 0.2) is 27.4 Å². The van der Waals surface area contributed by atoms with Crippen molar-refractivity contribution in [1.29, 1.82) is 0 Å². The maximum Gasteiger partial charge on any atom is 0.306 e. The van der Waals surface area contributed by atoms with Crippen molar-refractivity contribution in [2.24, 2.45) is 0 Å². The summed E-state index contributed by atoms with van der Waals surface area (Å²) in [6.45, 7) is 0.0166. The summed E-state index contributed by atoms with van der Waals surface area (Å²) < 4.78 is 31.5. The van der Waals surface area contributed by atoms with Crippen molar-refractivity contribution in [1.82, 2.24) is 0 Å². The van der Waals surface area contributed by atoms with E-state index in [9.17, 15) is 14.7 Å². The summed E-state index contributed by atoms with van der Waals surface area (Å²) in [4.78, 5) is 24.3. The SMILES string of the molecule is COCc1cc(=O)c(O)c([C@H](CC(=O)OC)c2cc(OC)c(OC)c(OC)c2)o1. The van der Waals surface area contributed by atoms with E-state index in [1.54, 1.807) is 12.1 Å². The molecular weight excluding hydrogens is 384 g/mol. The molecule has 0 saturated heterocycles. The third-order valence-corrected chi connectivity index (χ3v) is 4.29. The lowest BCUT2D eigenvalue weighted by Crippen LogP contribution is -2.14. The molecule has 1 N–H and O–H groups in total. The zero-order valence-electron chi connectivity index (χ0n) is 16.9. The first-order chi connectivity index (χ1) is 13.9. The second-order valence-electron chi connectivity index (χ2n) is 6.01. The number of ether oxygens (including phenoxy) is 5. The Hall–Kier alpha value is -3.20. The molecule has 0 bridgehead atoms. The molecule has 0 aliphatic heterocycles. The van der Waals surface area contributed by atoms with Crippen molar-refractivity contribution in [2.45, 2.75) is 18.9 Å². The third kappa shape index (κ3) is 4.80. The predicted molar refractivity (Wildman–Crippen MR) is 102 cm³/mol. The molecule has 0 aliphatic rings. The lowest BCUT2D eigenvalue weighted by molar-refractivity contribution is -0.140. The van der Waals surface area contributed by atoms with E-state index < -0.39 is 23.1 Å². The maximum absolute atomic E-state index is 12.2. The Labute approximate surface area is 167 Å². The molecule has 29 heavy (non-hydrogen) atoms. The van der Waals surface area contributed by atoms with Gasteiger partial charge in [0.15, 0.2) is 17.3 Å². The summed E-state index contributed by atoms with van der Waals surface area (Å²) >= 11 is 0. The van der Waals surface area contributed by atoms with Crippen molar-refractivity contribution >= 4 is 5.97 Å². The number of carbonyl (C=O) groups excluding carboxylic acids is 1. The number of aromatic hydroxyl groups is 1. The van der Waals surface area contributed by atoms with Gasteiger partial charge in [-0.1, -0.05) is 0 Å². The smallest absolute Gasteiger partial charge is 0.306 e. The number of esters is 1. The Morgan fingerprint density at radius 2 is 1.66 bits per heavy atom. The fraction of sp³-hybridized carbons (Fsp3) is 0.400. The van der Waals surface area contributed by atoms with Crippen molar-refractivity contribution in [3.8, 4) is 23.0 Å². The highest BCUT2D eigenvalue weighted by molar-refractivity contribution is 5.71. The molecule has 0 amide bonds. The average Bonchev–Trinajstić information content (AvgIpc) is 2.73. The van der Waals surface area contributed by atoms with Crippen LogP contribution < -0.4 is 19.6 Å². The quantitative estimate of drug-likeness (QED) is 0.624. The number of hydrogen-bond donors (Lipinski definition) is 1. The molecule has 0 aliphatic carbocycles. The number of benzene rings is 1. The Kier molecular flexibility index (Phi) is 7.49. The number of carbonyl (C=O) groups is 1. The fourth-order valence-electron chi connectivity index (χ4n) is 2.92. The van der Waals surface area contributed by atoms with E-state index >= 15 is 0 Å². The van der Waals surface area contributed by atoms with E-state index in [2.05, 4.69) is 0 Å². The minimum atomic E-state index is -0.860. The largest absolute Gasteiger partial charge is 0.502 e. The monoisotopic (exact) mass is 408 g/mol. The van der Waals surface area contributed by atoms with Gasteiger partial charge in [-0.25, -0.2) is 0 Å². The summed E-state index contributed by atoms with van der Waals surface area (Å²) in [6, 6.07) is 4.35. The summed E-state index contributed by atoms with van der Waals surface area (Å²) in [5, 5.41) is 10.4. The zero-order chi connectivity index (χ0) is 21.6. The van der Waals surface area contributed by atoms with Crippen LogP contribution in [0, 0.1) is 0 Å². The van der Waals surface area contributed by atoms with Crippen LogP contribution >= 0.6 is 0 Å². The van der Waals surface area contributed by atoms with Crippen LogP contribution in [-0.2, 0) is 20.9 Å². The second kappa shape index (κ2) is 9.83. The summed E-state index contributed by atoms with van der Waals surface area (Å²) in [6.07, 6.45) is -0.206. The minimum Gasteiger partial charge on any atom is -0.502 e. The molecule has 9 heteroatoms. The van der Waals surface area contributed by atoms with Gasteiger partial charge >= 0.3 is 5.97 Å². The lowest BCUT2D eigenvalue weighted by Gasteiger charge is -2.20. The van der Waals surface area contributed by atoms with E-state index in [0.29, 0.717) is 22.8 Å². The molecule has 1 heterocycles. The minimum absolute atomic E-state index is 0.0166. The number of hydrogen-bond acceptors (Lipinski definition) is 9. The highest BCUT2D eigenvalue weighted by atomic mass is 16.5. The van der Waals surface area contributed by atoms with Gasteiger partial charge < -0.3 is 33.2 Å². The fourth-order valence-corrected chi connectivity index (χ4v) is 2.92. The standard InChI is InChI=1S/C20H24O9/c1-24-10-12-8-14(21)18(23)19(29-12)13(9-17(22)27-4)11-6-15(25-2)20(28-5)16(7-11)26-3/h6-8,13,23H,9-10H2,1-5H3/t13-/m1/s1. The highest BCUT2D eigenvalue weighted by Gasteiger charge is 2.29. The predicted octanol–water partition coefficient (Wildman–Crippen LogP) is 2.21. The lowest BCUT2D eigenvalue weighted by atomic mass is 9.91. The van der Waals surface area contributed by atoms with Gasteiger partial charge in [0.25, 0.3) is 0 Å². The molecule has 1 aromatic heterocycles. The van der Waals surface area contributed by atoms with Crippen LogP contribution in [0.4, 0.5) is 0 Å². The van der Waals surface area contributed by atoms with E-state index in [0.717, 1.165) is 6.07 Å². The van der Waals surface area contributed by atoms with Gasteiger partial charge in [0, 0.05) is 13.2 Å². The van der Waals surface area contributed by atoms with Gasteiger partial charge in [-0.2, -0.15) is 0 Å². The third-order valence-electron chi connectivity index (χ3n) is 4.29. The van der Waals surface area contributed by atoms with E-state index in [-0.39, 0.29) is 24.5 Å². The van der Waals surface area contributed by atoms with Crippen molar-refractivity contribution in [2.75, 3.05) is 35.5 Å². The molecule has 0 saturated carbocycles. The Balaban J connectivity index is 2.73. The van der Waals surface area contributed by atoms with Crippen LogP contribution in [0.5, 0.6) is 23.0 Å². The van der Waals surface area contributed by atoms with Gasteiger partial charge in [-0.15, -0.1) is 0 Å².